The summed E-state index contributed by atoms with van der Waals surface area (Å²) in [6, 6.07) is 0. The van der Waals surface area contributed by atoms with Crippen LogP contribution in [0, 0.1) is 12.3 Å². The molecule has 0 aromatic carbocycles. The van der Waals surface area contributed by atoms with Gasteiger partial charge in [0.1, 0.15) is 6.54 Å². The second-order valence-corrected chi connectivity index (χ2v) is 5.58. The van der Waals surface area contributed by atoms with Crippen LogP contribution in [-0.4, -0.2) is 28.0 Å². The Balaban J connectivity index is 3.78. The van der Waals surface area contributed by atoms with Crippen molar-refractivity contribution in [1.82, 2.24) is 4.98 Å². The van der Waals surface area contributed by atoms with E-state index in [-0.39, 0.29) is 5.82 Å². The van der Waals surface area contributed by atoms with Crippen LogP contribution in [0.15, 0.2) is 10.1 Å². The standard InChI is InChI=1S/C6H7F2N3O4S2/c1-4-10-5(16(7,12)13)6(17(8,14)15)11(4)3-2-9/h2,9H,3H2,1H3/p+1. The van der Waals surface area contributed by atoms with E-state index < -0.39 is 37.0 Å². The molecule has 0 bridgehead atoms. The van der Waals surface area contributed by atoms with Gasteiger partial charge in [-0.25, -0.2) is 9.55 Å². The number of aromatic amines is 1. The Hall–Kier alpha value is -1.36. The Morgan fingerprint density at radius 2 is 1.82 bits per heavy atom. The number of hydrogen-bond donors (Lipinski definition) is 2. The predicted molar refractivity (Wildman–Crippen MR) is 51.1 cm³/mol. The van der Waals surface area contributed by atoms with Gasteiger partial charge in [-0.15, -0.1) is 0 Å². The highest BCUT2D eigenvalue weighted by molar-refractivity contribution is 7.89. The summed E-state index contributed by atoms with van der Waals surface area (Å²) in [7, 11) is -10.8. The van der Waals surface area contributed by atoms with E-state index in [1.54, 1.807) is 0 Å². The Morgan fingerprint density at radius 3 is 2.18 bits per heavy atom. The van der Waals surface area contributed by atoms with Gasteiger partial charge in [-0.2, -0.15) is 16.8 Å². The Kier molecular flexibility index (Phi) is 3.34. The largest absolute Gasteiger partial charge is 0.375 e. The monoisotopic (exact) mass is 288 g/mol. The zero-order valence-electron chi connectivity index (χ0n) is 8.44. The fourth-order valence-electron chi connectivity index (χ4n) is 1.28. The number of nitrogens with zero attached hydrogens (tertiary/aromatic N) is 1. The number of aryl methyl sites for hydroxylation is 1. The van der Waals surface area contributed by atoms with Crippen LogP contribution in [0.25, 0.3) is 0 Å². The van der Waals surface area contributed by atoms with Gasteiger partial charge in [0.2, 0.25) is 0 Å². The van der Waals surface area contributed by atoms with Crippen molar-refractivity contribution < 1.29 is 29.2 Å². The summed E-state index contributed by atoms with van der Waals surface area (Å²) in [6.45, 7) is 0.809. The molecule has 0 saturated heterocycles. The second-order valence-electron chi connectivity index (χ2n) is 3.04. The van der Waals surface area contributed by atoms with Crippen LogP contribution in [0.4, 0.5) is 7.77 Å². The maximum Gasteiger partial charge on any atom is 0.375 e. The van der Waals surface area contributed by atoms with Gasteiger partial charge >= 0.3 is 30.5 Å². The SMILES string of the molecule is Cc1[nH]c(S(=O)(=O)F)c(S(=O)(=O)F)[n+]1CC=N. The Labute approximate surface area is 96.0 Å². The van der Waals surface area contributed by atoms with E-state index >= 15 is 0 Å². The average Bonchev–Trinajstić information content (AvgIpc) is 2.43. The van der Waals surface area contributed by atoms with Crippen LogP contribution in [0.1, 0.15) is 5.82 Å². The first-order valence-corrected chi connectivity index (χ1v) is 6.86. The van der Waals surface area contributed by atoms with Crippen molar-refractivity contribution in [2.45, 2.75) is 23.5 Å². The summed E-state index contributed by atoms with van der Waals surface area (Å²) in [4.78, 5) is 1.92. The molecule has 0 saturated carbocycles. The third kappa shape index (κ3) is 2.66. The molecule has 0 fully saturated rings. The number of hydrogen-bond acceptors (Lipinski definition) is 5. The van der Waals surface area contributed by atoms with Crippen molar-refractivity contribution in [3.8, 4) is 0 Å². The minimum atomic E-state index is -5.44. The molecule has 17 heavy (non-hydrogen) atoms. The third-order valence-corrected chi connectivity index (χ3v) is 3.69. The van der Waals surface area contributed by atoms with Crippen molar-refractivity contribution in [1.29, 1.82) is 5.41 Å². The normalized spacial score (nSPS) is 12.6. The molecule has 7 nitrogen and oxygen atoms in total. The smallest absolute Gasteiger partial charge is 0.309 e. The van der Waals surface area contributed by atoms with Crippen LogP contribution in [-0.2, 0) is 27.0 Å². The highest BCUT2D eigenvalue weighted by Gasteiger charge is 2.40. The lowest BCUT2D eigenvalue weighted by molar-refractivity contribution is -0.724. The van der Waals surface area contributed by atoms with Gasteiger partial charge in [-0.05, 0) is 0 Å². The molecule has 0 amide bonds. The molecule has 1 rings (SSSR count). The minimum Gasteiger partial charge on any atom is -0.309 e. The van der Waals surface area contributed by atoms with Gasteiger partial charge in [-0.3, -0.25) is 0 Å². The van der Waals surface area contributed by atoms with Crippen LogP contribution >= 0.6 is 0 Å². The summed E-state index contributed by atoms with van der Waals surface area (Å²) in [5.74, 6) is -0.110. The number of rotatable bonds is 4. The van der Waals surface area contributed by atoms with Gasteiger partial charge in [0.05, 0.1) is 0 Å². The van der Waals surface area contributed by atoms with Crippen LogP contribution < -0.4 is 4.57 Å². The van der Waals surface area contributed by atoms with Gasteiger partial charge in [0, 0.05) is 13.1 Å². The number of nitrogens with one attached hydrogen (secondary N) is 2. The second kappa shape index (κ2) is 4.14. The first kappa shape index (κ1) is 13.7. The molecular weight excluding hydrogens is 280 g/mol. The quantitative estimate of drug-likeness (QED) is 0.445. The number of H-pyrrole nitrogens is 1. The molecule has 0 atom stereocenters. The van der Waals surface area contributed by atoms with Crippen LogP contribution in [0.3, 0.4) is 0 Å². The molecule has 0 aliphatic heterocycles. The molecule has 0 aliphatic rings. The zero-order valence-corrected chi connectivity index (χ0v) is 10.1. The van der Waals surface area contributed by atoms with Crippen LogP contribution in [0.2, 0.25) is 0 Å². The fraction of sp³-hybridized carbons (Fsp3) is 0.333. The molecule has 0 unspecified atom stereocenters. The number of imidazole rings is 1. The van der Waals surface area contributed by atoms with Gasteiger partial charge in [0.25, 0.3) is 5.82 Å². The first-order valence-electron chi connectivity index (χ1n) is 4.09. The van der Waals surface area contributed by atoms with Gasteiger partial charge < -0.3 is 5.41 Å². The van der Waals surface area contributed by atoms with Crippen molar-refractivity contribution in [3.63, 3.8) is 0 Å². The molecule has 11 heteroatoms. The summed E-state index contributed by atoms with van der Waals surface area (Å²) in [5.41, 5.74) is 0. The molecule has 2 N–H and O–H groups in total. The predicted octanol–water partition coefficient (Wildman–Crippen LogP) is -0.423. The van der Waals surface area contributed by atoms with Crippen molar-refractivity contribution >= 4 is 26.7 Å². The number of halogens is 2. The fourth-order valence-corrected chi connectivity index (χ4v) is 3.21. The average molecular weight is 288 g/mol. The molecular formula is C6H8F2N3O4S2+. The molecule has 0 radical (unpaired) electrons. The Bertz CT molecular complexity index is 662. The van der Waals surface area contributed by atoms with Crippen molar-refractivity contribution in [2.24, 2.45) is 0 Å². The number of aromatic nitrogens is 2. The van der Waals surface area contributed by atoms with Gasteiger partial charge in [0.15, 0.2) is 0 Å². The minimum absolute atomic E-state index is 0.110. The molecule has 96 valence electrons. The highest BCUT2D eigenvalue weighted by Crippen LogP contribution is 2.20. The Morgan fingerprint density at radius 1 is 1.29 bits per heavy atom. The van der Waals surface area contributed by atoms with Crippen molar-refractivity contribution in [3.05, 3.63) is 5.82 Å². The van der Waals surface area contributed by atoms with E-state index in [1.165, 1.54) is 6.92 Å². The molecule has 0 aliphatic carbocycles. The topological polar surface area (TPSA) is 112 Å². The van der Waals surface area contributed by atoms with Crippen LogP contribution in [0.5, 0.6) is 0 Å². The first-order chi connectivity index (χ1) is 7.59. The maximum absolute atomic E-state index is 12.9. The summed E-state index contributed by atoms with van der Waals surface area (Å²) >= 11 is 0. The lowest BCUT2D eigenvalue weighted by Crippen LogP contribution is -2.40. The zero-order chi connectivity index (χ0) is 13.4. The summed E-state index contributed by atoms with van der Waals surface area (Å²) in [5, 5.41) is 4.06. The summed E-state index contributed by atoms with van der Waals surface area (Å²) in [6.07, 6.45) is 0.712. The van der Waals surface area contributed by atoms with E-state index in [0.717, 1.165) is 0 Å². The van der Waals surface area contributed by atoms with Crippen molar-refractivity contribution in [2.75, 3.05) is 0 Å². The third-order valence-electron chi connectivity index (χ3n) is 1.89. The van der Waals surface area contributed by atoms with E-state index in [0.29, 0.717) is 10.8 Å². The lowest BCUT2D eigenvalue weighted by atomic mass is 10.6. The molecule has 0 spiro atoms. The van der Waals surface area contributed by atoms with E-state index in [2.05, 4.69) is 0 Å². The molecule has 1 aromatic rings. The molecule has 1 heterocycles. The van der Waals surface area contributed by atoms with E-state index in [4.69, 9.17) is 5.41 Å². The lowest BCUT2D eigenvalue weighted by Gasteiger charge is -1.95. The molecule has 1 aromatic heterocycles. The van der Waals surface area contributed by atoms with E-state index in [9.17, 15) is 24.6 Å². The van der Waals surface area contributed by atoms with Gasteiger partial charge in [-0.1, -0.05) is 7.77 Å². The summed E-state index contributed by atoms with van der Waals surface area (Å²) < 4.78 is 69.3. The van der Waals surface area contributed by atoms with E-state index in [1.807, 2.05) is 4.98 Å². The highest BCUT2D eigenvalue weighted by atomic mass is 32.3. The maximum atomic E-state index is 12.9.